The third-order valence-electron chi connectivity index (χ3n) is 2.45. The lowest BCUT2D eigenvalue weighted by Crippen LogP contribution is -2.29. The molecule has 0 aliphatic heterocycles. The number of nitrogens with one attached hydrogen (secondary N) is 2. The minimum absolute atomic E-state index is 0. The van der Waals surface area contributed by atoms with Crippen LogP contribution in [0.4, 0.5) is 5.69 Å². The van der Waals surface area contributed by atoms with Gasteiger partial charge in [0.2, 0.25) is 5.91 Å². The standard InChI is InChI=1S/C14H19N3O2.2ClH/c1-2-3-8-13(18)17-12-7-5-4-6-11(12)14(19)16-10-9-15;;/h2,4-7H,1,3,8-10,15H2,(H,16,19)(H,17,18);2*1H. The van der Waals surface area contributed by atoms with Crippen molar-refractivity contribution in [1.82, 2.24) is 5.32 Å². The average Bonchev–Trinajstić information content (AvgIpc) is 2.43. The van der Waals surface area contributed by atoms with Crippen molar-refractivity contribution in [2.45, 2.75) is 12.8 Å². The number of allylic oxidation sites excluding steroid dienone is 1. The molecule has 0 aromatic heterocycles. The number of carbonyl (C=O) groups excluding carboxylic acids is 2. The highest BCUT2D eigenvalue weighted by Gasteiger charge is 2.11. The Balaban J connectivity index is 0. The number of hydrogen-bond acceptors (Lipinski definition) is 3. The van der Waals surface area contributed by atoms with Crippen LogP contribution in [0.25, 0.3) is 0 Å². The van der Waals surface area contributed by atoms with Crippen molar-refractivity contribution in [1.29, 1.82) is 0 Å². The fourth-order valence-electron chi connectivity index (χ4n) is 1.52. The number of para-hydroxylation sites is 1. The van der Waals surface area contributed by atoms with Gasteiger partial charge in [-0.3, -0.25) is 9.59 Å². The van der Waals surface area contributed by atoms with Crippen LogP contribution in [0.5, 0.6) is 0 Å². The molecule has 0 aliphatic rings. The molecular weight excluding hydrogens is 313 g/mol. The van der Waals surface area contributed by atoms with E-state index in [0.717, 1.165) is 0 Å². The molecule has 1 rings (SSSR count). The molecule has 0 spiro atoms. The van der Waals surface area contributed by atoms with Crippen molar-refractivity contribution < 1.29 is 9.59 Å². The van der Waals surface area contributed by atoms with Crippen molar-refractivity contribution in [3.63, 3.8) is 0 Å². The lowest BCUT2D eigenvalue weighted by Gasteiger charge is -2.10. The monoisotopic (exact) mass is 333 g/mol. The number of hydrogen-bond donors (Lipinski definition) is 3. The lowest BCUT2D eigenvalue weighted by molar-refractivity contribution is -0.116. The molecule has 1 aromatic rings. The summed E-state index contributed by atoms with van der Waals surface area (Å²) >= 11 is 0. The van der Waals surface area contributed by atoms with Gasteiger partial charge in [-0.15, -0.1) is 31.4 Å². The molecule has 118 valence electrons. The average molecular weight is 334 g/mol. The molecule has 0 bridgehead atoms. The third-order valence-corrected chi connectivity index (χ3v) is 2.45. The smallest absolute Gasteiger partial charge is 0.253 e. The van der Waals surface area contributed by atoms with E-state index < -0.39 is 0 Å². The Morgan fingerprint density at radius 3 is 2.52 bits per heavy atom. The van der Waals surface area contributed by atoms with E-state index in [1.165, 1.54) is 0 Å². The van der Waals surface area contributed by atoms with Crippen LogP contribution in [0.3, 0.4) is 0 Å². The molecule has 2 amide bonds. The van der Waals surface area contributed by atoms with Gasteiger partial charge >= 0.3 is 0 Å². The van der Waals surface area contributed by atoms with E-state index >= 15 is 0 Å². The molecule has 0 fully saturated rings. The highest BCUT2D eigenvalue weighted by molar-refractivity contribution is 6.03. The number of carbonyl (C=O) groups is 2. The number of amides is 2. The topological polar surface area (TPSA) is 84.2 Å². The van der Waals surface area contributed by atoms with Gasteiger partial charge in [-0.25, -0.2) is 0 Å². The summed E-state index contributed by atoms with van der Waals surface area (Å²) in [6.45, 7) is 4.34. The Bertz CT molecular complexity index is 467. The van der Waals surface area contributed by atoms with E-state index in [1.807, 2.05) is 0 Å². The molecule has 7 heteroatoms. The minimum atomic E-state index is -0.245. The van der Waals surface area contributed by atoms with Crippen molar-refractivity contribution in [2.75, 3.05) is 18.4 Å². The van der Waals surface area contributed by atoms with E-state index in [-0.39, 0.29) is 36.6 Å². The van der Waals surface area contributed by atoms with Gasteiger partial charge in [-0.1, -0.05) is 18.2 Å². The van der Waals surface area contributed by atoms with E-state index in [9.17, 15) is 9.59 Å². The quantitative estimate of drug-likeness (QED) is 0.668. The Morgan fingerprint density at radius 1 is 1.24 bits per heavy atom. The van der Waals surface area contributed by atoms with Gasteiger partial charge in [0.15, 0.2) is 0 Å². The van der Waals surface area contributed by atoms with E-state index in [4.69, 9.17) is 5.73 Å². The van der Waals surface area contributed by atoms with Crippen LogP contribution >= 0.6 is 24.8 Å². The maximum atomic E-state index is 11.9. The summed E-state index contributed by atoms with van der Waals surface area (Å²) in [4.78, 5) is 23.5. The summed E-state index contributed by atoms with van der Waals surface area (Å²) in [7, 11) is 0. The van der Waals surface area contributed by atoms with Crippen molar-refractivity contribution in [3.8, 4) is 0 Å². The van der Waals surface area contributed by atoms with Crippen molar-refractivity contribution >= 4 is 42.3 Å². The second-order valence-corrected chi connectivity index (χ2v) is 3.97. The van der Waals surface area contributed by atoms with Crippen LogP contribution in [-0.2, 0) is 4.79 Å². The van der Waals surface area contributed by atoms with Crippen LogP contribution in [0.2, 0.25) is 0 Å². The van der Waals surface area contributed by atoms with Gasteiger partial charge in [0.05, 0.1) is 11.3 Å². The van der Waals surface area contributed by atoms with Gasteiger partial charge in [0, 0.05) is 19.5 Å². The summed E-state index contributed by atoms with van der Waals surface area (Å²) in [5, 5.41) is 5.40. The zero-order valence-electron chi connectivity index (χ0n) is 11.6. The predicted molar refractivity (Wildman–Crippen MR) is 90.4 cm³/mol. The number of rotatable bonds is 7. The number of anilines is 1. The van der Waals surface area contributed by atoms with Crippen LogP contribution in [0.1, 0.15) is 23.2 Å². The maximum absolute atomic E-state index is 11.9. The van der Waals surface area contributed by atoms with Crippen LogP contribution < -0.4 is 16.4 Å². The van der Waals surface area contributed by atoms with E-state index in [0.29, 0.717) is 37.2 Å². The second kappa shape index (κ2) is 12.2. The molecule has 4 N–H and O–H groups in total. The second-order valence-electron chi connectivity index (χ2n) is 3.97. The highest BCUT2D eigenvalue weighted by Crippen LogP contribution is 2.15. The molecule has 21 heavy (non-hydrogen) atoms. The fraction of sp³-hybridized carbons (Fsp3) is 0.286. The number of nitrogens with two attached hydrogens (primary N) is 1. The third kappa shape index (κ3) is 7.70. The summed E-state index contributed by atoms with van der Waals surface area (Å²) in [6, 6.07) is 6.87. The highest BCUT2D eigenvalue weighted by atomic mass is 35.5. The SMILES string of the molecule is C=CCCC(=O)Nc1ccccc1C(=O)NCCN.Cl.Cl. The molecule has 0 saturated heterocycles. The molecule has 1 aromatic carbocycles. The minimum Gasteiger partial charge on any atom is -0.351 e. The Hall–Kier alpha value is -1.56. The van der Waals surface area contributed by atoms with Gasteiger partial charge in [-0.2, -0.15) is 0 Å². The Morgan fingerprint density at radius 2 is 1.90 bits per heavy atom. The van der Waals surface area contributed by atoms with E-state index in [2.05, 4.69) is 17.2 Å². The molecule has 0 aliphatic carbocycles. The van der Waals surface area contributed by atoms with Crippen LogP contribution in [-0.4, -0.2) is 24.9 Å². The molecular formula is C14H21Cl2N3O2. The van der Waals surface area contributed by atoms with Gasteiger partial charge in [-0.05, 0) is 18.6 Å². The van der Waals surface area contributed by atoms with Crippen molar-refractivity contribution in [3.05, 3.63) is 42.5 Å². The fourth-order valence-corrected chi connectivity index (χ4v) is 1.52. The Labute approximate surface area is 137 Å². The van der Waals surface area contributed by atoms with Crippen molar-refractivity contribution in [2.24, 2.45) is 5.73 Å². The summed E-state index contributed by atoms with van der Waals surface area (Å²) in [5.74, 6) is -0.385. The molecule has 0 saturated carbocycles. The predicted octanol–water partition coefficient (Wildman–Crippen LogP) is 2.12. The zero-order valence-corrected chi connectivity index (χ0v) is 13.3. The first-order chi connectivity index (χ1) is 9.19. The molecule has 5 nitrogen and oxygen atoms in total. The molecule has 0 unspecified atom stereocenters. The molecule has 0 radical (unpaired) electrons. The normalized spacial score (nSPS) is 8.81. The molecule has 0 atom stereocenters. The van der Waals surface area contributed by atoms with E-state index in [1.54, 1.807) is 30.3 Å². The first-order valence-electron chi connectivity index (χ1n) is 6.17. The van der Waals surface area contributed by atoms with Gasteiger partial charge in [0.1, 0.15) is 0 Å². The maximum Gasteiger partial charge on any atom is 0.253 e. The number of halogens is 2. The van der Waals surface area contributed by atoms with Crippen LogP contribution in [0, 0.1) is 0 Å². The zero-order chi connectivity index (χ0) is 14.1. The molecule has 0 heterocycles. The van der Waals surface area contributed by atoms with Gasteiger partial charge < -0.3 is 16.4 Å². The summed E-state index contributed by atoms with van der Waals surface area (Å²) < 4.78 is 0. The Kier molecular flexibility index (Phi) is 12.6. The lowest BCUT2D eigenvalue weighted by atomic mass is 10.1. The first kappa shape index (κ1) is 21.7. The first-order valence-corrected chi connectivity index (χ1v) is 6.17. The van der Waals surface area contributed by atoms with Gasteiger partial charge in [0.25, 0.3) is 5.91 Å². The number of benzene rings is 1. The van der Waals surface area contributed by atoms with Crippen LogP contribution in [0.15, 0.2) is 36.9 Å². The largest absolute Gasteiger partial charge is 0.351 e. The summed E-state index contributed by atoms with van der Waals surface area (Å²) in [6.07, 6.45) is 2.63. The summed E-state index contributed by atoms with van der Waals surface area (Å²) in [5.41, 5.74) is 6.27.